The van der Waals surface area contributed by atoms with E-state index < -0.39 is 0 Å². The first-order valence-corrected chi connectivity index (χ1v) is 8.26. The van der Waals surface area contributed by atoms with Crippen molar-refractivity contribution in [3.05, 3.63) is 60.0 Å². The molecule has 25 heavy (non-hydrogen) atoms. The third kappa shape index (κ3) is 2.93. The van der Waals surface area contributed by atoms with Crippen molar-refractivity contribution in [2.24, 2.45) is 5.92 Å². The fraction of sp³-hybridized carbons (Fsp3) is 0.278. The zero-order chi connectivity index (χ0) is 17.4. The van der Waals surface area contributed by atoms with Crippen molar-refractivity contribution in [1.82, 2.24) is 19.5 Å². The second-order valence-electron chi connectivity index (χ2n) is 6.33. The van der Waals surface area contributed by atoms with E-state index in [0.717, 1.165) is 12.0 Å². The molecule has 1 aromatic carbocycles. The highest BCUT2D eigenvalue weighted by atomic mass is 19.1. The number of aromatic nitrogens is 3. The number of amides is 2. The van der Waals surface area contributed by atoms with E-state index in [4.69, 9.17) is 0 Å². The van der Waals surface area contributed by atoms with Gasteiger partial charge in [0.1, 0.15) is 5.82 Å². The van der Waals surface area contributed by atoms with E-state index in [9.17, 15) is 9.18 Å². The van der Waals surface area contributed by atoms with Gasteiger partial charge in [-0.15, -0.1) is 5.10 Å². The minimum atomic E-state index is -0.293. The number of carbonyl (C=O) groups is 1. The van der Waals surface area contributed by atoms with Crippen molar-refractivity contribution in [2.75, 3.05) is 11.9 Å². The second-order valence-corrected chi connectivity index (χ2v) is 6.33. The molecule has 1 fully saturated rings. The van der Waals surface area contributed by atoms with Crippen LogP contribution in [0.1, 0.15) is 24.9 Å². The summed E-state index contributed by atoms with van der Waals surface area (Å²) in [7, 11) is 0. The Labute approximate surface area is 144 Å². The van der Waals surface area contributed by atoms with Gasteiger partial charge >= 0.3 is 6.03 Å². The van der Waals surface area contributed by atoms with E-state index in [1.165, 1.54) is 12.1 Å². The maximum atomic E-state index is 13.6. The van der Waals surface area contributed by atoms with Gasteiger partial charge in [-0.2, -0.15) is 4.98 Å². The number of halogens is 1. The average Bonchev–Trinajstić information content (AvgIpc) is 3.17. The van der Waals surface area contributed by atoms with Crippen LogP contribution in [0.4, 0.5) is 15.1 Å². The molecule has 0 saturated carbocycles. The SMILES string of the molecule is C[C@H]1CCN(C(=O)Nc2nc3ccccn3n2)[C@H]1c1cccc(F)c1. The standard InChI is InChI=1S/C18H18FN5O/c1-12-8-10-23(16(12)13-5-4-6-14(19)11-13)18(25)21-17-20-15-7-2-3-9-24(15)22-17/h2-7,9,11-12,16H,8,10H2,1H3,(H,21,22,25)/t12-,16+/m0/s1. The summed E-state index contributed by atoms with van der Waals surface area (Å²) in [5, 5.41) is 7.00. The molecule has 2 amide bonds. The summed E-state index contributed by atoms with van der Waals surface area (Å²) in [6.07, 6.45) is 2.64. The van der Waals surface area contributed by atoms with Gasteiger partial charge in [-0.1, -0.05) is 25.1 Å². The van der Waals surface area contributed by atoms with Crippen molar-refractivity contribution in [3.8, 4) is 0 Å². The van der Waals surface area contributed by atoms with Gasteiger partial charge in [-0.25, -0.2) is 13.7 Å². The minimum absolute atomic E-state index is 0.160. The summed E-state index contributed by atoms with van der Waals surface area (Å²) in [5.41, 5.74) is 1.47. The van der Waals surface area contributed by atoms with Crippen LogP contribution in [0.2, 0.25) is 0 Å². The Morgan fingerprint density at radius 1 is 1.28 bits per heavy atom. The molecule has 0 aliphatic carbocycles. The molecule has 0 spiro atoms. The molecule has 1 aliphatic rings. The van der Waals surface area contributed by atoms with Crippen LogP contribution in [0.3, 0.4) is 0 Å². The Morgan fingerprint density at radius 3 is 2.96 bits per heavy atom. The first-order valence-electron chi connectivity index (χ1n) is 8.26. The summed E-state index contributed by atoms with van der Waals surface area (Å²) in [6, 6.07) is 11.5. The predicted octanol–water partition coefficient (Wildman–Crippen LogP) is 3.48. The molecule has 1 N–H and O–H groups in total. The number of likely N-dealkylation sites (tertiary alicyclic amines) is 1. The van der Waals surface area contributed by atoms with Gasteiger partial charge in [0.15, 0.2) is 5.65 Å². The molecular weight excluding hydrogens is 321 g/mol. The number of nitrogens with zero attached hydrogens (tertiary/aromatic N) is 4. The van der Waals surface area contributed by atoms with Crippen molar-refractivity contribution in [1.29, 1.82) is 0 Å². The lowest BCUT2D eigenvalue weighted by molar-refractivity contribution is 0.201. The lowest BCUT2D eigenvalue weighted by Crippen LogP contribution is -2.35. The van der Waals surface area contributed by atoms with Crippen LogP contribution < -0.4 is 5.32 Å². The second kappa shape index (κ2) is 6.16. The number of carbonyl (C=O) groups excluding carboxylic acids is 1. The zero-order valence-electron chi connectivity index (χ0n) is 13.8. The predicted molar refractivity (Wildman–Crippen MR) is 91.6 cm³/mol. The van der Waals surface area contributed by atoms with Gasteiger partial charge in [0.2, 0.25) is 0 Å². The van der Waals surface area contributed by atoms with Gasteiger partial charge in [0.05, 0.1) is 6.04 Å². The number of fused-ring (bicyclic) bond motifs is 1. The highest BCUT2D eigenvalue weighted by Gasteiger charge is 2.36. The first-order chi connectivity index (χ1) is 12.1. The van der Waals surface area contributed by atoms with Crippen molar-refractivity contribution < 1.29 is 9.18 Å². The molecule has 0 bridgehead atoms. The summed E-state index contributed by atoms with van der Waals surface area (Å²) in [6.45, 7) is 2.69. The fourth-order valence-corrected chi connectivity index (χ4v) is 3.43. The molecule has 7 heteroatoms. The number of benzene rings is 1. The Hall–Kier alpha value is -2.96. The molecule has 2 atom stereocenters. The number of hydrogen-bond donors (Lipinski definition) is 1. The molecule has 128 valence electrons. The summed E-state index contributed by atoms with van der Waals surface area (Å²) in [4.78, 5) is 18.8. The van der Waals surface area contributed by atoms with Crippen LogP contribution in [-0.2, 0) is 0 Å². The number of pyridine rings is 1. The maximum Gasteiger partial charge on any atom is 0.324 e. The Bertz CT molecular complexity index is 891. The summed E-state index contributed by atoms with van der Waals surface area (Å²) in [5.74, 6) is 0.217. The maximum absolute atomic E-state index is 13.6. The van der Waals surface area contributed by atoms with Crippen LogP contribution in [0.5, 0.6) is 0 Å². The number of urea groups is 1. The topological polar surface area (TPSA) is 62.5 Å². The third-order valence-electron chi connectivity index (χ3n) is 4.61. The highest BCUT2D eigenvalue weighted by Crippen LogP contribution is 2.37. The molecule has 3 heterocycles. The number of nitrogens with one attached hydrogen (secondary N) is 1. The number of anilines is 1. The molecule has 0 radical (unpaired) electrons. The first kappa shape index (κ1) is 15.6. The largest absolute Gasteiger partial charge is 0.324 e. The quantitative estimate of drug-likeness (QED) is 0.777. The van der Waals surface area contributed by atoms with Gasteiger partial charge in [0, 0.05) is 12.7 Å². The Balaban J connectivity index is 1.57. The third-order valence-corrected chi connectivity index (χ3v) is 4.61. The number of rotatable bonds is 2. The van der Waals surface area contributed by atoms with E-state index in [0.29, 0.717) is 12.2 Å². The van der Waals surface area contributed by atoms with Gasteiger partial charge in [0.25, 0.3) is 5.95 Å². The van der Waals surface area contributed by atoms with E-state index in [1.54, 1.807) is 21.7 Å². The van der Waals surface area contributed by atoms with Crippen LogP contribution >= 0.6 is 0 Å². The van der Waals surface area contributed by atoms with E-state index in [-0.39, 0.29) is 29.8 Å². The normalized spacial score (nSPS) is 20.2. The Kier molecular flexibility index (Phi) is 3.83. The van der Waals surface area contributed by atoms with E-state index in [2.05, 4.69) is 22.3 Å². The molecule has 0 unspecified atom stereocenters. The van der Waals surface area contributed by atoms with Crippen molar-refractivity contribution in [3.63, 3.8) is 0 Å². The summed E-state index contributed by atoms with van der Waals surface area (Å²) >= 11 is 0. The molecule has 1 aliphatic heterocycles. The van der Waals surface area contributed by atoms with Crippen molar-refractivity contribution in [2.45, 2.75) is 19.4 Å². The highest BCUT2D eigenvalue weighted by molar-refractivity contribution is 5.88. The lowest BCUT2D eigenvalue weighted by Gasteiger charge is -2.27. The number of hydrogen-bond acceptors (Lipinski definition) is 3. The van der Waals surface area contributed by atoms with Crippen LogP contribution in [-0.4, -0.2) is 32.1 Å². The zero-order valence-corrected chi connectivity index (χ0v) is 13.8. The average molecular weight is 339 g/mol. The van der Waals surface area contributed by atoms with E-state index >= 15 is 0 Å². The summed E-state index contributed by atoms with van der Waals surface area (Å²) < 4.78 is 15.2. The molecule has 4 rings (SSSR count). The molecule has 3 aromatic rings. The molecule has 2 aromatic heterocycles. The van der Waals surface area contributed by atoms with Crippen LogP contribution in [0.15, 0.2) is 48.7 Å². The van der Waals surface area contributed by atoms with Crippen molar-refractivity contribution >= 4 is 17.6 Å². The monoisotopic (exact) mass is 339 g/mol. The van der Waals surface area contributed by atoms with Crippen LogP contribution in [0, 0.1) is 11.7 Å². The lowest BCUT2D eigenvalue weighted by atomic mass is 9.95. The minimum Gasteiger partial charge on any atom is -0.317 e. The van der Waals surface area contributed by atoms with Crippen LogP contribution in [0.25, 0.3) is 5.65 Å². The van der Waals surface area contributed by atoms with Gasteiger partial charge in [-0.3, -0.25) is 5.32 Å². The molecular formula is C18H18FN5O. The van der Waals surface area contributed by atoms with Gasteiger partial charge in [-0.05, 0) is 42.2 Å². The fourth-order valence-electron chi connectivity index (χ4n) is 3.43. The molecule has 6 nitrogen and oxygen atoms in total. The van der Waals surface area contributed by atoms with Gasteiger partial charge < -0.3 is 4.90 Å². The molecule has 1 saturated heterocycles. The smallest absolute Gasteiger partial charge is 0.317 e. The van der Waals surface area contributed by atoms with E-state index in [1.807, 2.05) is 24.3 Å². The Morgan fingerprint density at radius 2 is 2.16 bits per heavy atom.